The van der Waals surface area contributed by atoms with Crippen LogP contribution in [0, 0.1) is 0 Å². The zero-order valence-corrected chi connectivity index (χ0v) is 9.21. The van der Waals surface area contributed by atoms with Gasteiger partial charge in [-0.25, -0.2) is 0 Å². The summed E-state index contributed by atoms with van der Waals surface area (Å²) >= 11 is 0. The van der Waals surface area contributed by atoms with Crippen molar-refractivity contribution in [1.82, 2.24) is 15.2 Å². The molecule has 1 aliphatic heterocycles. The molecule has 16 heavy (non-hydrogen) atoms. The van der Waals surface area contributed by atoms with Crippen molar-refractivity contribution in [2.24, 2.45) is 10.8 Å². The number of nitrogens with zero attached hydrogens (tertiary/aromatic N) is 4. The number of morpholine rings is 1. The number of hydrogen-bond donors (Lipinski definition) is 1. The van der Waals surface area contributed by atoms with Crippen molar-refractivity contribution in [3.05, 3.63) is 24.0 Å². The summed E-state index contributed by atoms with van der Waals surface area (Å²) in [6.07, 6.45) is 1.79. The number of amidine groups is 1. The lowest BCUT2D eigenvalue weighted by molar-refractivity contribution is -0.0173. The first-order valence-corrected chi connectivity index (χ1v) is 5.24. The molecule has 6 nitrogen and oxygen atoms in total. The molecule has 1 fully saturated rings. The first-order chi connectivity index (χ1) is 7.75. The fourth-order valence-corrected chi connectivity index (χ4v) is 1.53. The Kier molecular flexibility index (Phi) is 3.31. The zero-order valence-electron chi connectivity index (χ0n) is 9.21. The van der Waals surface area contributed by atoms with E-state index in [-0.39, 0.29) is 6.10 Å². The van der Waals surface area contributed by atoms with Crippen LogP contribution in [-0.4, -0.2) is 46.8 Å². The maximum absolute atomic E-state index is 5.84. The molecule has 0 aromatic carbocycles. The minimum atomic E-state index is 0.187. The number of nitrogens with two attached hydrogens (primary N) is 1. The van der Waals surface area contributed by atoms with Crippen molar-refractivity contribution in [3.8, 4) is 0 Å². The molecule has 1 aromatic heterocycles. The second-order valence-corrected chi connectivity index (χ2v) is 3.69. The van der Waals surface area contributed by atoms with Crippen molar-refractivity contribution in [3.63, 3.8) is 0 Å². The average molecular weight is 221 g/mol. The van der Waals surface area contributed by atoms with E-state index in [9.17, 15) is 0 Å². The highest BCUT2D eigenvalue weighted by Gasteiger charge is 2.15. The third-order valence-electron chi connectivity index (χ3n) is 2.30. The lowest BCUT2D eigenvalue weighted by atomic mass is 10.3. The number of ether oxygens (including phenoxy) is 1. The molecule has 6 heteroatoms. The van der Waals surface area contributed by atoms with Gasteiger partial charge in [0.2, 0.25) is 0 Å². The van der Waals surface area contributed by atoms with Crippen LogP contribution in [0.5, 0.6) is 0 Å². The Morgan fingerprint density at radius 1 is 1.69 bits per heavy atom. The van der Waals surface area contributed by atoms with E-state index in [1.54, 1.807) is 18.3 Å². The van der Waals surface area contributed by atoms with Crippen LogP contribution >= 0.6 is 0 Å². The Labute approximate surface area is 94.1 Å². The maximum Gasteiger partial charge on any atom is 0.171 e. The molecule has 1 saturated heterocycles. The summed E-state index contributed by atoms with van der Waals surface area (Å²) in [5.74, 6) is 0.391. The van der Waals surface area contributed by atoms with Crippen LogP contribution in [-0.2, 0) is 4.74 Å². The first kappa shape index (κ1) is 10.8. The largest absolute Gasteiger partial charge is 0.380 e. The highest BCUT2D eigenvalue weighted by Crippen LogP contribution is 2.05. The highest BCUT2D eigenvalue weighted by molar-refractivity contribution is 5.95. The van der Waals surface area contributed by atoms with Gasteiger partial charge >= 0.3 is 0 Å². The SMILES string of the molecule is CC1CN(N=C(N)c2cccnn2)CCO1. The first-order valence-electron chi connectivity index (χ1n) is 5.24. The molecule has 0 amide bonds. The monoisotopic (exact) mass is 221 g/mol. The van der Waals surface area contributed by atoms with Gasteiger partial charge in [0.25, 0.3) is 0 Å². The van der Waals surface area contributed by atoms with Gasteiger partial charge in [-0.05, 0) is 19.1 Å². The average Bonchev–Trinajstić information content (AvgIpc) is 2.30. The Hall–Kier alpha value is -1.69. The molecule has 2 heterocycles. The minimum absolute atomic E-state index is 0.187. The van der Waals surface area contributed by atoms with Crippen LogP contribution < -0.4 is 5.73 Å². The molecule has 2 N–H and O–H groups in total. The van der Waals surface area contributed by atoms with Gasteiger partial charge in [-0.15, -0.1) is 5.10 Å². The molecular formula is C10H15N5O. The summed E-state index contributed by atoms with van der Waals surface area (Å²) in [5.41, 5.74) is 6.44. The molecule has 86 valence electrons. The number of hydrazone groups is 1. The van der Waals surface area contributed by atoms with Gasteiger partial charge in [-0.1, -0.05) is 0 Å². The third kappa shape index (κ3) is 2.66. The fraction of sp³-hybridized carbons (Fsp3) is 0.500. The van der Waals surface area contributed by atoms with Gasteiger partial charge in [-0.2, -0.15) is 10.2 Å². The standard InChI is InChI=1S/C10H15N5O/c1-8-7-15(5-6-16-8)14-10(11)9-3-2-4-12-13-9/h2-4,8H,5-7H2,1H3,(H2,11,14). The molecular weight excluding hydrogens is 206 g/mol. The van der Waals surface area contributed by atoms with E-state index in [1.807, 2.05) is 11.9 Å². The minimum Gasteiger partial charge on any atom is -0.380 e. The van der Waals surface area contributed by atoms with E-state index < -0.39 is 0 Å². The van der Waals surface area contributed by atoms with Gasteiger partial charge < -0.3 is 10.5 Å². The van der Waals surface area contributed by atoms with Crippen LogP contribution in [0.25, 0.3) is 0 Å². The summed E-state index contributed by atoms with van der Waals surface area (Å²) in [6.45, 7) is 4.20. The van der Waals surface area contributed by atoms with Gasteiger partial charge in [0.15, 0.2) is 5.84 Å². The molecule has 1 atom stereocenters. The van der Waals surface area contributed by atoms with E-state index in [1.165, 1.54) is 0 Å². The predicted molar refractivity (Wildman–Crippen MR) is 59.7 cm³/mol. The molecule has 0 spiro atoms. The van der Waals surface area contributed by atoms with E-state index in [4.69, 9.17) is 10.5 Å². The lowest BCUT2D eigenvalue weighted by Crippen LogP contribution is -2.39. The predicted octanol–water partition coefficient (Wildman–Crippen LogP) is -0.182. The van der Waals surface area contributed by atoms with E-state index in [0.29, 0.717) is 18.1 Å². The van der Waals surface area contributed by atoms with Crippen molar-refractivity contribution >= 4 is 5.84 Å². The summed E-state index contributed by atoms with van der Waals surface area (Å²) < 4.78 is 5.42. The van der Waals surface area contributed by atoms with Gasteiger partial charge in [0.1, 0.15) is 5.69 Å². The Bertz CT molecular complexity index is 367. The van der Waals surface area contributed by atoms with E-state index in [0.717, 1.165) is 13.1 Å². The molecule has 0 radical (unpaired) electrons. The van der Waals surface area contributed by atoms with Gasteiger partial charge in [0.05, 0.1) is 25.8 Å². The van der Waals surface area contributed by atoms with Crippen molar-refractivity contribution in [2.45, 2.75) is 13.0 Å². The van der Waals surface area contributed by atoms with Gasteiger partial charge in [0, 0.05) is 6.20 Å². The highest BCUT2D eigenvalue weighted by atomic mass is 16.5. The topological polar surface area (TPSA) is 76.6 Å². The van der Waals surface area contributed by atoms with E-state index >= 15 is 0 Å². The number of aromatic nitrogens is 2. The van der Waals surface area contributed by atoms with Crippen LogP contribution in [0.3, 0.4) is 0 Å². The van der Waals surface area contributed by atoms with E-state index in [2.05, 4.69) is 15.3 Å². The molecule has 0 saturated carbocycles. The van der Waals surface area contributed by atoms with Crippen LogP contribution in [0.1, 0.15) is 12.6 Å². The third-order valence-corrected chi connectivity index (χ3v) is 2.30. The smallest absolute Gasteiger partial charge is 0.171 e. The van der Waals surface area contributed by atoms with Crippen LogP contribution in [0.4, 0.5) is 0 Å². The number of rotatable bonds is 2. The second kappa shape index (κ2) is 4.89. The maximum atomic E-state index is 5.84. The quantitative estimate of drug-likeness (QED) is 0.553. The van der Waals surface area contributed by atoms with Crippen molar-refractivity contribution in [1.29, 1.82) is 0 Å². The summed E-state index contributed by atoms with van der Waals surface area (Å²) in [7, 11) is 0. The normalized spacial score (nSPS) is 22.2. The van der Waals surface area contributed by atoms with Crippen LogP contribution in [0.2, 0.25) is 0 Å². The number of hydrogen-bond acceptors (Lipinski definition) is 5. The van der Waals surface area contributed by atoms with Crippen molar-refractivity contribution in [2.75, 3.05) is 19.7 Å². The Morgan fingerprint density at radius 2 is 2.56 bits per heavy atom. The Balaban J connectivity index is 2.06. The molecule has 1 aromatic rings. The molecule has 0 aliphatic carbocycles. The molecule has 1 aliphatic rings. The molecule has 1 unspecified atom stereocenters. The van der Waals surface area contributed by atoms with Gasteiger partial charge in [-0.3, -0.25) is 5.01 Å². The summed E-state index contributed by atoms with van der Waals surface area (Å²) in [5, 5.41) is 13.9. The second-order valence-electron chi connectivity index (χ2n) is 3.69. The molecule has 2 rings (SSSR count). The summed E-state index contributed by atoms with van der Waals surface area (Å²) in [6, 6.07) is 3.57. The lowest BCUT2D eigenvalue weighted by Gasteiger charge is -2.28. The summed E-state index contributed by atoms with van der Waals surface area (Å²) in [4.78, 5) is 0. The Morgan fingerprint density at radius 3 is 3.25 bits per heavy atom. The zero-order chi connectivity index (χ0) is 11.4. The molecule has 0 bridgehead atoms. The van der Waals surface area contributed by atoms with Crippen LogP contribution in [0.15, 0.2) is 23.4 Å². The van der Waals surface area contributed by atoms with Crippen molar-refractivity contribution < 1.29 is 4.74 Å². The fourth-order valence-electron chi connectivity index (χ4n) is 1.53.